The van der Waals surface area contributed by atoms with E-state index in [-0.39, 0.29) is 11.5 Å². The van der Waals surface area contributed by atoms with Crippen LogP contribution in [0.4, 0.5) is 5.95 Å². The number of carbonyl (C=O) groups excluding carboxylic acids is 1. The van der Waals surface area contributed by atoms with Gasteiger partial charge < -0.3 is 9.13 Å². The second kappa shape index (κ2) is 5.48. The van der Waals surface area contributed by atoms with Crippen LogP contribution in [0.5, 0.6) is 0 Å². The Kier molecular flexibility index (Phi) is 3.50. The number of anilines is 1. The normalized spacial score (nSPS) is 10.8. The summed E-state index contributed by atoms with van der Waals surface area (Å²) < 4.78 is 3.34. The molecule has 2 heterocycles. The number of nitrogens with zero attached hydrogens (tertiary/aromatic N) is 3. The highest BCUT2D eigenvalue weighted by molar-refractivity contribution is 6.04. The third-order valence-electron chi connectivity index (χ3n) is 3.56. The molecule has 1 amide bonds. The lowest BCUT2D eigenvalue weighted by Gasteiger charge is -2.07. The number of rotatable bonds is 3. The molecule has 3 rings (SSSR count). The number of hydrogen-bond acceptors (Lipinski definition) is 3. The smallest absolute Gasteiger partial charge is 0.258 e. The number of carbonyl (C=O) groups is 1. The van der Waals surface area contributed by atoms with Crippen LogP contribution in [0.1, 0.15) is 17.3 Å². The molecule has 22 heavy (non-hydrogen) atoms. The van der Waals surface area contributed by atoms with Crippen molar-refractivity contribution in [2.75, 3.05) is 5.32 Å². The number of pyridine rings is 1. The van der Waals surface area contributed by atoms with E-state index in [9.17, 15) is 9.59 Å². The van der Waals surface area contributed by atoms with E-state index in [1.807, 2.05) is 35.8 Å². The van der Waals surface area contributed by atoms with Crippen LogP contribution in [0.15, 0.2) is 47.4 Å². The van der Waals surface area contributed by atoms with Gasteiger partial charge in [-0.3, -0.25) is 14.9 Å². The first kappa shape index (κ1) is 14.1. The fraction of sp³-hybridized carbons (Fsp3) is 0.188. The van der Waals surface area contributed by atoms with Crippen LogP contribution in [0.25, 0.3) is 11.0 Å². The lowest BCUT2D eigenvalue weighted by Crippen LogP contribution is -2.21. The van der Waals surface area contributed by atoms with Crippen LogP contribution in [-0.4, -0.2) is 20.0 Å². The highest BCUT2D eigenvalue weighted by Gasteiger charge is 2.13. The van der Waals surface area contributed by atoms with Gasteiger partial charge in [0.2, 0.25) is 5.95 Å². The first-order valence-corrected chi connectivity index (χ1v) is 7.03. The SMILES string of the molecule is CCn1c(NC(=O)c2ccn(C)c(=O)c2)nc2ccccc21. The molecule has 0 aliphatic carbocycles. The Morgan fingerprint density at radius 1 is 1.27 bits per heavy atom. The van der Waals surface area contributed by atoms with E-state index in [1.165, 1.54) is 10.6 Å². The van der Waals surface area contributed by atoms with Gasteiger partial charge in [0.25, 0.3) is 11.5 Å². The Hall–Kier alpha value is -2.89. The molecule has 0 atom stereocenters. The predicted octanol–water partition coefficient (Wildman–Crippen LogP) is 2.01. The molecule has 0 bridgehead atoms. The molecule has 112 valence electrons. The molecule has 0 saturated heterocycles. The number of imidazole rings is 1. The maximum atomic E-state index is 12.3. The quantitative estimate of drug-likeness (QED) is 0.804. The Bertz CT molecular complexity index is 908. The number of benzene rings is 1. The number of fused-ring (bicyclic) bond motifs is 1. The number of nitrogens with one attached hydrogen (secondary N) is 1. The third kappa shape index (κ3) is 2.39. The second-order valence-corrected chi connectivity index (χ2v) is 4.99. The summed E-state index contributed by atoms with van der Waals surface area (Å²) in [6.07, 6.45) is 1.57. The van der Waals surface area contributed by atoms with E-state index in [2.05, 4.69) is 10.3 Å². The zero-order valence-corrected chi connectivity index (χ0v) is 12.4. The third-order valence-corrected chi connectivity index (χ3v) is 3.56. The van der Waals surface area contributed by atoms with Crippen molar-refractivity contribution < 1.29 is 4.79 Å². The number of aromatic nitrogens is 3. The van der Waals surface area contributed by atoms with Gasteiger partial charge in [-0.25, -0.2) is 4.98 Å². The molecule has 6 heteroatoms. The topological polar surface area (TPSA) is 68.9 Å². The van der Waals surface area contributed by atoms with Crippen LogP contribution < -0.4 is 10.9 Å². The molecule has 1 aromatic carbocycles. The summed E-state index contributed by atoms with van der Waals surface area (Å²) in [6.45, 7) is 2.68. The summed E-state index contributed by atoms with van der Waals surface area (Å²) in [5, 5.41) is 2.78. The molecular formula is C16H16N4O2. The maximum absolute atomic E-state index is 12.3. The average Bonchev–Trinajstić information content (AvgIpc) is 2.86. The van der Waals surface area contributed by atoms with Gasteiger partial charge in [-0.05, 0) is 25.1 Å². The van der Waals surface area contributed by atoms with Crippen molar-refractivity contribution in [3.05, 3.63) is 58.5 Å². The summed E-state index contributed by atoms with van der Waals surface area (Å²) in [7, 11) is 1.64. The van der Waals surface area contributed by atoms with Gasteiger partial charge >= 0.3 is 0 Å². The van der Waals surface area contributed by atoms with E-state index in [4.69, 9.17) is 0 Å². The first-order chi connectivity index (χ1) is 10.6. The van der Waals surface area contributed by atoms with Crippen molar-refractivity contribution >= 4 is 22.9 Å². The van der Waals surface area contributed by atoms with Gasteiger partial charge in [0.15, 0.2) is 0 Å². The van der Waals surface area contributed by atoms with Crippen LogP contribution >= 0.6 is 0 Å². The zero-order chi connectivity index (χ0) is 15.7. The monoisotopic (exact) mass is 296 g/mol. The van der Waals surface area contributed by atoms with E-state index >= 15 is 0 Å². The van der Waals surface area contributed by atoms with Crippen molar-refractivity contribution in [2.24, 2.45) is 7.05 Å². The first-order valence-electron chi connectivity index (χ1n) is 7.03. The average molecular weight is 296 g/mol. The predicted molar refractivity (Wildman–Crippen MR) is 85.0 cm³/mol. The van der Waals surface area contributed by atoms with Gasteiger partial charge in [-0.15, -0.1) is 0 Å². The molecule has 0 spiro atoms. The molecule has 0 aliphatic heterocycles. The summed E-state index contributed by atoms with van der Waals surface area (Å²) >= 11 is 0. The maximum Gasteiger partial charge on any atom is 0.258 e. The molecule has 0 saturated carbocycles. The van der Waals surface area contributed by atoms with Crippen LogP contribution in [0.3, 0.4) is 0 Å². The van der Waals surface area contributed by atoms with Crippen molar-refractivity contribution in [3.8, 4) is 0 Å². The number of aryl methyl sites for hydroxylation is 2. The zero-order valence-electron chi connectivity index (χ0n) is 12.4. The Morgan fingerprint density at radius 3 is 2.77 bits per heavy atom. The van der Waals surface area contributed by atoms with Crippen molar-refractivity contribution in [1.29, 1.82) is 0 Å². The number of amides is 1. The van der Waals surface area contributed by atoms with Crippen molar-refractivity contribution in [3.63, 3.8) is 0 Å². The fourth-order valence-electron chi connectivity index (χ4n) is 2.35. The molecule has 1 N–H and O–H groups in total. The summed E-state index contributed by atoms with van der Waals surface area (Å²) in [4.78, 5) is 28.4. The Labute approximate surface area is 127 Å². The summed E-state index contributed by atoms with van der Waals surface area (Å²) in [5.74, 6) is 0.136. The Balaban J connectivity index is 1.97. The molecule has 6 nitrogen and oxygen atoms in total. The van der Waals surface area contributed by atoms with Gasteiger partial charge in [-0.2, -0.15) is 0 Å². The summed E-state index contributed by atoms with van der Waals surface area (Å²) in [6, 6.07) is 10.6. The van der Waals surface area contributed by atoms with E-state index < -0.39 is 0 Å². The highest BCUT2D eigenvalue weighted by atomic mass is 16.2. The number of para-hydroxylation sites is 2. The number of hydrogen-bond donors (Lipinski definition) is 1. The van der Waals surface area contributed by atoms with E-state index in [0.29, 0.717) is 18.1 Å². The van der Waals surface area contributed by atoms with Gasteiger partial charge in [0.05, 0.1) is 11.0 Å². The van der Waals surface area contributed by atoms with Crippen LogP contribution in [0, 0.1) is 0 Å². The lowest BCUT2D eigenvalue weighted by atomic mass is 10.2. The molecular weight excluding hydrogens is 280 g/mol. The van der Waals surface area contributed by atoms with Crippen LogP contribution in [-0.2, 0) is 13.6 Å². The van der Waals surface area contributed by atoms with E-state index in [1.54, 1.807) is 19.3 Å². The van der Waals surface area contributed by atoms with Crippen molar-refractivity contribution in [2.45, 2.75) is 13.5 Å². The molecule has 0 aliphatic rings. The van der Waals surface area contributed by atoms with Crippen LogP contribution in [0.2, 0.25) is 0 Å². The minimum absolute atomic E-state index is 0.225. The standard InChI is InChI=1S/C16H16N4O2/c1-3-20-13-7-5-4-6-12(13)17-16(20)18-15(22)11-8-9-19(2)14(21)10-11/h4-10H,3H2,1-2H3,(H,17,18,22). The Morgan fingerprint density at radius 2 is 2.05 bits per heavy atom. The molecule has 0 unspecified atom stereocenters. The van der Waals surface area contributed by atoms with Gasteiger partial charge in [-0.1, -0.05) is 12.1 Å². The lowest BCUT2D eigenvalue weighted by molar-refractivity contribution is 0.102. The second-order valence-electron chi connectivity index (χ2n) is 4.99. The van der Waals surface area contributed by atoms with E-state index in [0.717, 1.165) is 11.0 Å². The molecule has 2 aromatic heterocycles. The molecule has 0 radical (unpaired) electrons. The van der Waals surface area contributed by atoms with Gasteiger partial charge in [0, 0.05) is 31.4 Å². The fourth-order valence-corrected chi connectivity index (χ4v) is 2.35. The minimum Gasteiger partial charge on any atom is -0.319 e. The molecule has 3 aromatic rings. The van der Waals surface area contributed by atoms with Gasteiger partial charge in [0.1, 0.15) is 0 Å². The van der Waals surface area contributed by atoms with Crippen molar-refractivity contribution in [1.82, 2.24) is 14.1 Å². The molecule has 0 fully saturated rings. The largest absolute Gasteiger partial charge is 0.319 e. The summed E-state index contributed by atoms with van der Waals surface area (Å²) in [5.41, 5.74) is 1.88. The highest BCUT2D eigenvalue weighted by Crippen LogP contribution is 2.19. The minimum atomic E-state index is -0.345.